The molecular formula is C16H18N2OS. The third kappa shape index (κ3) is 3.27. The second-order valence-electron chi connectivity index (χ2n) is 4.45. The second kappa shape index (κ2) is 6.39. The topological polar surface area (TPSA) is 47.3 Å². The van der Waals surface area contributed by atoms with E-state index in [-0.39, 0.29) is 0 Å². The molecule has 0 saturated heterocycles. The number of para-hydroxylation sites is 2. The Balaban J connectivity index is 2.26. The van der Waals surface area contributed by atoms with Crippen LogP contribution in [-0.4, -0.2) is 11.6 Å². The van der Waals surface area contributed by atoms with Crippen LogP contribution < -0.4 is 15.8 Å². The van der Waals surface area contributed by atoms with Gasteiger partial charge in [-0.1, -0.05) is 24.4 Å². The molecule has 2 rings (SSSR count). The number of anilines is 2. The summed E-state index contributed by atoms with van der Waals surface area (Å²) in [6, 6.07) is 13.8. The molecule has 0 aromatic heterocycles. The SMILES string of the molecule is CCOc1ccccc1Nc1ccc(C(N)=S)c(C)c1. The molecule has 3 N–H and O–H groups in total. The van der Waals surface area contributed by atoms with Gasteiger partial charge in [0.2, 0.25) is 0 Å². The number of ether oxygens (including phenoxy) is 1. The van der Waals surface area contributed by atoms with Gasteiger partial charge in [-0.05, 0) is 49.7 Å². The summed E-state index contributed by atoms with van der Waals surface area (Å²) < 4.78 is 5.60. The first kappa shape index (κ1) is 14.3. The minimum atomic E-state index is 0.420. The number of rotatable bonds is 5. The van der Waals surface area contributed by atoms with Crippen molar-refractivity contribution in [2.75, 3.05) is 11.9 Å². The van der Waals surface area contributed by atoms with Crippen molar-refractivity contribution in [3.63, 3.8) is 0 Å². The molecule has 3 nitrogen and oxygen atoms in total. The third-order valence-corrected chi connectivity index (χ3v) is 3.18. The van der Waals surface area contributed by atoms with E-state index in [1.807, 2.05) is 56.3 Å². The fourth-order valence-corrected chi connectivity index (χ4v) is 2.25. The number of benzene rings is 2. The molecule has 0 amide bonds. The first-order valence-electron chi connectivity index (χ1n) is 6.51. The predicted molar refractivity (Wildman–Crippen MR) is 88.0 cm³/mol. The molecular weight excluding hydrogens is 268 g/mol. The molecule has 20 heavy (non-hydrogen) atoms. The van der Waals surface area contributed by atoms with E-state index < -0.39 is 0 Å². The fraction of sp³-hybridized carbons (Fsp3) is 0.188. The van der Waals surface area contributed by atoms with Crippen LogP contribution in [0.25, 0.3) is 0 Å². The summed E-state index contributed by atoms with van der Waals surface area (Å²) in [4.78, 5) is 0.420. The molecule has 0 fully saturated rings. The van der Waals surface area contributed by atoms with E-state index in [1.54, 1.807) is 0 Å². The van der Waals surface area contributed by atoms with E-state index in [0.717, 1.165) is 28.3 Å². The maximum Gasteiger partial charge on any atom is 0.142 e. The van der Waals surface area contributed by atoms with Crippen LogP contribution in [0.15, 0.2) is 42.5 Å². The highest BCUT2D eigenvalue weighted by molar-refractivity contribution is 7.80. The van der Waals surface area contributed by atoms with Gasteiger partial charge in [0.05, 0.1) is 12.3 Å². The molecule has 0 aliphatic carbocycles. The van der Waals surface area contributed by atoms with E-state index in [9.17, 15) is 0 Å². The summed E-state index contributed by atoms with van der Waals surface area (Å²) in [5, 5.41) is 3.36. The molecule has 0 aliphatic heterocycles. The minimum Gasteiger partial charge on any atom is -0.492 e. The minimum absolute atomic E-state index is 0.420. The highest BCUT2D eigenvalue weighted by Gasteiger charge is 2.05. The Kier molecular flexibility index (Phi) is 4.58. The zero-order valence-corrected chi connectivity index (χ0v) is 12.5. The van der Waals surface area contributed by atoms with Crippen molar-refractivity contribution in [2.24, 2.45) is 5.73 Å². The van der Waals surface area contributed by atoms with Crippen LogP contribution >= 0.6 is 12.2 Å². The van der Waals surface area contributed by atoms with E-state index in [0.29, 0.717) is 11.6 Å². The lowest BCUT2D eigenvalue weighted by atomic mass is 10.1. The lowest BCUT2D eigenvalue weighted by molar-refractivity contribution is 0.342. The number of thiocarbonyl (C=S) groups is 1. The van der Waals surface area contributed by atoms with Crippen LogP contribution in [0.1, 0.15) is 18.1 Å². The predicted octanol–water partition coefficient (Wildman–Crippen LogP) is 3.77. The van der Waals surface area contributed by atoms with Crippen LogP contribution in [0.4, 0.5) is 11.4 Å². The Labute approximate surface area is 124 Å². The van der Waals surface area contributed by atoms with Crippen LogP contribution in [-0.2, 0) is 0 Å². The lowest BCUT2D eigenvalue weighted by Gasteiger charge is -2.13. The van der Waals surface area contributed by atoms with E-state index in [4.69, 9.17) is 22.7 Å². The summed E-state index contributed by atoms with van der Waals surface area (Å²) in [5.41, 5.74) is 9.55. The molecule has 0 aliphatic rings. The van der Waals surface area contributed by atoms with Crippen LogP contribution in [0, 0.1) is 6.92 Å². The molecule has 0 atom stereocenters. The Hall–Kier alpha value is -2.07. The molecule has 0 heterocycles. The first-order chi connectivity index (χ1) is 9.61. The van der Waals surface area contributed by atoms with Gasteiger partial charge < -0.3 is 15.8 Å². The average Bonchev–Trinajstić information content (AvgIpc) is 2.41. The molecule has 0 unspecified atom stereocenters. The van der Waals surface area contributed by atoms with Gasteiger partial charge in [0, 0.05) is 11.3 Å². The number of nitrogens with two attached hydrogens (primary N) is 1. The van der Waals surface area contributed by atoms with Gasteiger partial charge in [-0.15, -0.1) is 0 Å². The van der Waals surface area contributed by atoms with Gasteiger partial charge in [-0.3, -0.25) is 0 Å². The van der Waals surface area contributed by atoms with Gasteiger partial charge in [0.15, 0.2) is 0 Å². The zero-order chi connectivity index (χ0) is 14.5. The highest BCUT2D eigenvalue weighted by atomic mass is 32.1. The average molecular weight is 286 g/mol. The quantitative estimate of drug-likeness (QED) is 0.821. The third-order valence-electron chi connectivity index (χ3n) is 2.96. The summed E-state index contributed by atoms with van der Waals surface area (Å²) in [5.74, 6) is 0.839. The number of aryl methyl sites for hydroxylation is 1. The van der Waals surface area contributed by atoms with Crippen LogP contribution in [0.3, 0.4) is 0 Å². The summed E-state index contributed by atoms with van der Waals surface area (Å²) >= 11 is 5.02. The molecule has 0 bridgehead atoms. The molecule has 0 spiro atoms. The number of nitrogens with one attached hydrogen (secondary N) is 1. The monoisotopic (exact) mass is 286 g/mol. The number of hydrogen-bond acceptors (Lipinski definition) is 3. The Morgan fingerprint density at radius 1 is 1.25 bits per heavy atom. The zero-order valence-electron chi connectivity index (χ0n) is 11.6. The van der Waals surface area contributed by atoms with Crippen LogP contribution in [0.2, 0.25) is 0 Å². The van der Waals surface area contributed by atoms with Gasteiger partial charge in [-0.25, -0.2) is 0 Å². The molecule has 2 aromatic rings. The highest BCUT2D eigenvalue weighted by Crippen LogP contribution is 2.28. The Morgan fingerprint density at radius 2 is 2.00 bits per heavy atom. The lowest BCUT2D eigenvalue weighted by Crippen LogP contribution is -2.11. The molecule has 104 valence electrons. The smallest absolute Gasteiger partial charge is 0.142 e. The van der Waals surface area contributed by atoms with Crippen molar-refractivity contribution >= 4 is 28.6 Å². The van der Waals surface area contributed by atoms with Crippen molar-refractivity contribution in [2.45, 2.75) is 13.8 Å². The Bertz CT molecular complexity index is 626. The van der Waals surface area contributed by atoms with Gasteiger partial charge in [0.25, 0.3) is 0 Å². The maximum absolute atomic E-state index is 5.67. The first-order valence-corrected chi connectivity index (χ1v) is 6.92. The standard InChI is InChI=1S/C16H18N2OS/c1-3-19-15-7-5-4-6-14(15)18-12-8-9-13(16(17)20)11(2)10-12/h4-10,18H,3H2,1-2H3,(H2,17,20). The largest absolute Gasteiger partial charge is 0.492 e. The van der Waals surface area contributed by atoms with Gasteiger partial charge in [-0.2, -0.15) is 0 Å². The summed E-state index contributed by atoms with van der Waals surface area (Å²) in [7, 11) is 0. The van der Waals surface area contributed by atoms with Crippen molar-refractivity contribution in [1.82, 2.24) is 0 Å². The van der Waals surface area contributed by atoms with E-state index >= 15 is 0 Å². The van der Waals surface area contributed by atoms with Crippen molar-refractivity contribution < 1.29 is 4.74 Å². The number of hydrogen-bond donors (Lipinski definition) is 2. The summed E-state index contributed by atoms with van der Waals surface area (Å²) in [6.45, 7) is 4.60. The molecule has 0 radical (unpaired) electrons. The van der Waals surface area contributed by atoms with Gasteiger partial charge in [0.1, 0.15) is 10.7 Å². The summed E-state index contributed by atoms with van der Waals surface area (Å²) in [6.07, 6.45) is 0. The van der Waals surface area contributed by atoms with Crippen molar-refractivity contribution in [3.8, 4) is 5.75 Å². The Morgan fingerprint density at radius 3 is 2.65 bits per heavy atom. The molecule has 4 heteroatoms. The fourth-order valence-electron chi connectivity index (χ4n) is 2.02. The maximum atomic E-state index is 5.67. The molecule has 2 aromatic carbocycles. The van der Waals surface area contributed by atoms with E-state index in [1.165, 1.54) is 0 Å². The van der Waals surface area contributed by atoms with E-state index in [2.05, 4.69) is 5.32 Å². The normalized spacial score (nSPS) is 10.1. The van der Waals surface area contributed by atoms with Crippen LogP contribution in [0.5, 0.6) is 5.75 Å². The van der Waals surface area contributed by atoms with Crippen molar-refractivity contribution in [1.29, 1.82) is 0 Å². The molecule has 0 saturated carbocycles. The van der Waals surface area contributed by atoms with Crippen molar-refractivity contribution in [3.05, 3.63) is 53.6 Å². The second-order valence-corrected chi connectivity index (χ2v) is 4.89. The van der Waals surface area contributed by atoms with Gasteiger partial charge >= 0.3 is 0 Å².